The van der Waals surface area contributed by atoms with Crippen LogP contribution in [0.15, 0.2) is 23.1 Å². The van der Waals surface area contributed by atoms with Gasteiger partial charge < -0.3 is 15.6 Å². The van der Waals surface area contributed by atoms with Crippen molar-refractivity contribution in [2.75, 3.05) is 6.61 Å². The number of hydrogen-bond donors (Lipinski definition) is 3. The monoisotopic (exact) mass is 314 g/mol. The summed E-state index contributed by atoms with van der Waals surface area (Å²) < 4.78 is 31.6. The van der Waals surface area contributed by atoms with Crippen molar-refractivity contribution >= 4 is 21.9 Å². The van der Waals surface area contributed by atoms with Crippen LogP contribution in [0.2, 0.25) is 0 Å². The first-order valence-electron chi connectivity index (χ1n) is 6.09. The van der Waals surface area contributed by atoms with Gasteiger partial charge >= 0.3 is 5.97 Å². The average molecular weight is 314 g/mol. The fraction of sp³-hybridized carbons (Fsp3) is 0.333. The highest BCUT2D eigenvalue weighted by Gasteiger charge is 2.27. The van der Waals surface area contributed by atoms with Crippen LogP contribution in [0.1, 0.15) is 12.0 Å². The summed E-state index contributed by atoms with van der Waals surface area (Å²) in [4.78, 5) is 21.7. The first-order chi connectivity index (χ1) is 9.79. The number of primary amides is 1. The third-order valence-corrected chi connectivity index (χ3v) is 4.44. The number of carbonyl (C=O) groups is 2. The minimum Gasteiger partial charge on any atom is -0.493 e. The number of nitrogens with two attached hydrogens (primary N) is 1. The minimum atomic E-state index is -4.07. The molecule has 0 saturated carbocycles. The number of ether oxygens (including phenoxy) is 1. The molecule has 1 aliphatic rings. The van der Waals surface area contributed by atoms with Crippen molar-refractivity contribution in [3.05, 3.63) is 23.8 Å². The SMILES string of the molecule is NC(=O)C[C@@H](NS(=O)(=O)c1ccc2c(c1)CCO2)C(=O)O. The maximum atomic E-state index is 12.2. The third-order valence-electron chi connectivity index (χ3n) is 2.97. The van der Waals surface area contributed by atoms with Crippen LogP contribution in [0.4, 0.5) is 0 Å². The van der Waals surface area contributed by atoms with E-state index in [1.54, 1.807) is 0 Å². The molecule has 1 aliphatic heterocycles. The normalized spacial score (nSPS) is 15.0. The van der Waals surface area contributed by atoms with Crippen LogP contribution >= 0.6 is 0 Å². The Bertz CT molecular complexity index is 685. The Kier molecular flexibility index (Phi) is 4.14. The second-order valence-corrected chi connectivity index (χ2v) is 6.26. The molecule has 8 nitrogen and oxygen atoms in total. The summed E-state index contributed by atoms with van der Waals surface area (Å²) >= 11 is 0. The van der Waals surface area contributed by atoms with E-state index in [0.29, 0.717) is 18.8 Å². The molecule has 4 N–H and O–H groups in total. The quantitative estimate of drug-likeness (QED) is 0.630. The van der Waals surface area contributed by atoms with Gasteiger partial charge in [0.15, 0.2) is 0 Å². The third kappa shape index (κ3) is 3.50. The fourth-order valence-electron chi connectivity index (χ4n) is 1.97. The zero-order chi connectivity index (χ0) is 15.6. The van der Waals surface area contributed by atoms with Crippen LogP contribution in [0.3, 0.4) is 0 Å². The first kappa shape index (κ1) is 15.3. The Labute approximate surface area is 120 Å². The van der Waals surface area contributed by atoms with Crippen molar-refractivity contribution < 1.29 is 27.9 Å². The maximum Gasteiger partial charge on any atom is 0.322 e. The van der Waals surface area contributed by atoms with Gasteiger partial charge in [-0.25, -0.2) is 8.42 Å². The van der Waals surface area contributed by atoms with Crippen LogP contribution in [-0.2, 0) is 26.0 Å². The Hall–Kier alpha value is -2.13. The summed E-state index contributed by atoms with van der Waals surface area (Å²) in [5.74, 6) is -1.77. The second kappa shape index (κ2) is 5.70. The summed E-state index contributed by atoms with van der Waals surface area (Å²) in [6.45, 7) is 0.478. The molecule has 1 aromatic rings. The molecule has 0 spiro atoms. The van der Waals surface area contributed by atoms with Gasteiger partial charge in [0, 0.05) is 6.42 Å². The smallest absolute Gasteiger partial charge is 0.322 e. The predicted molar refractivity (Wildman–Crippen MR) is 71.2 cm³/mol. The van der Waals surface area contributed by atoms with Crippen molar-refractivity contribution in [1.82, 2.24) is 4.72 Å². The van der Waals surface area contributed by atoms with Crippen LogP contribution in [0.5, 0.6) is 5.75 Å². The number of amides is 1. The van der Waals surface area contributed by atoms with Crippen molar-refractivity contribution in [3.8, 4) is 5.75 Å². The van der Waals surface area contributed by atoms with Gasteiger partial charge in [-0.2, -0.15) is 4.72 Å². The number of nitrogens with one attached hydrogen (secondary N) is 1. The van der Waals surface area contributed by atoms with Gasteiger partial charge in [-0.1, -0.05) is 0 Å². The van der Waals surface area contributed by atoms with E-state index >= 15 is 0 Å². The highest BCUT2D eigenvalue weighted by molar-refractivity contribution is 7.89. The summed E-state index contributed by atoms with van der Waals surface area (Å²) in [6.07, 6.45) is -0.0368. The van der Waals surface area contributed by atoms with Crippen LogP contribution in [-0.4, -0.2) is 38.0 Å². The molecule has 0 saturated heterocycles. The lowest BCUT2D eigenvalue weighted by atomic mass is 10.2. The summed E-state index contributed by atoms with van der Waals surface area (Å²) in [7, 11) is -4.07. The molecule has 114 valence electrons. The second-order valence-electron chi connectivity index (χ2n) is 4.55. The number of aliphatic carboxylic acids is 1. The van der Waals surface area contributed by atoms with Crippen molar-refractivity contribution in [2.24, 2.45) is 5.73 Å². The Morgan fingerprint density at radius 2 is 2.14 bits per heavy atom. The number of carboxylic acid groups (broad SMARTS) is 1. The zero-order valence-corrected chi connectivity index (χ0v) is 11.7. The molecule has 1 atom stereocenters. The molecule has 0 fully saturated rings. The topological polar surface area (TPSA) is 136 Å². The highest BCUT2D eigenvalue weighted by Crippen LogP contribution is 2.27. The van der Waals surface area contributed by atoms with Crippen molar-refractivity contribution in [1.29, 1.82) is 0 Å². The molecule has 1 amide bonds. The predicted octanol–water partition coefficient (Wildman–Crippen LogP) is -0.772. The Morgan fingerprint density at radius 3 is 2.76 bits per heavy atom. The molecule has 0 aliphatic carbocycles. The molecule has 1 heterocycles. The van der Waals surface area contributed by atoms with Gasteiger partial charge in [0.1, 0.15) is 11.8 Å². The number of hydrogen-bond acceptors (Lipinski definition) is 5. The van der Waals surface area contributed by atoms with E-state index < -0.39 is 34.4 Å². The molecule has 0 radical (unpaired) electrons. The molecular weight excluding hydrogens is 300 g/mol. The number of fused-ring (bicyclic) bond motifs is 1. The lowest BCUT2D eigenvalue weighted by molar-refractivity contribution is -0.140. The van der Waals surface area contributed by atoms with Crippen LogP contribution in [0.25, 0.3) is 0 Å². The van der Waals surface area contributed by atoms with Crippen molar-refractivity contribution in [2.45, 2.75) is 23.8 Å². The molecule has 1 aromatic carbocycles. The largest absolute Gasteiger partial charge is 0.493 e. The number of rotatable bonds is 6. The van der Waals surface area contributed by atoms with Crippen molar-refractivity contribution in [3.63, 3.8) is 0 Å². The van der Waals surface area contributed by atoms with E-state index in [1.165, 1.54) is 18.2 Å². The Balaban J connectivity index is 2.24. The van der Waals surface area contributed by atoms with Gasteiger partial charge in [0.25, 0.3) is 0 Å². The molecule has 21 heavy (non-hydrogen) atoms. The molecule has 0 unspecified atom stereocenters. The fourth-order valence-corrected chi connectivity index (χ4v) is 3.21. The average Bonchev–Trinajstić information content (AvgIpc) is 2.84. The highest BCUT2D eigenvalue weighted by atomic mass is 32.2. The van der Waals surface area contributed by atoms with E-state index in [2.05, 4.69) is 0 Å². The van der Waals surface area contributed by atoms with E-state index in [1.807, 2.05) is 4.72 Å². The van der Waals surface area contributed by atoms with Gasteiger partial charge in [-0.05, 0) is 23.8 Å². The number of carbonyl (C=O) groups excluding carboxylic acids is 1. The van der Waals surface area contributed by atoms with Gasteiger partial charge in [-0.15, -0.1) is 0 Å². The molecular formula is C12H14N2O6S. The lowest BCUT2D eigenvalue weighted by Crippen LogP contribution is -2.43. The first-order valence-corrected chi connectivity index (χ1v) is 7.57. The van der Waals surface area contributed by atoms with E-state index in [9.17, 15) is 18.0 Å². The summed E-state index contributed by atoms with van der Waals surface area (Å²) in [5.41, 5.74) is 5.64. The molecule has 2 rings (SSSR count). The van der Waals surface area contributed by atoms with Gasteiger partial charge in [-0.3, -0.25) is 9.59 Å². The van der Waals surface area contributed by atoms with Gasteiger partial charge in [0.05, 0.1) is 17.9 Å². The molecule has 9 heteroatoms. The minimum absolute atomic E-state index is 0.0810. The van der Waals surface area contributed by atoms with Gasteiger partial charge in [0.2, 0.25) is 15.9 Å². The Morgan fingerprint density at radius 1 is 1.43 bits per heavy atom. The maximum absolute atomic E-state index is 12.2. The summed E-state index contributed by atoms with van der Waals surface area (Å²) in [5, 5.41) is 8.93. The van der Waals surface area contributed by atoms with E-state index in [0.717, 1.165) is 5.56 Å². The number of carboxylic acids is 1. The van der Waals surface area contributed by atoms with Crippen LogP contribution in [0, 0.1) is 0 Å². The molecule has 0 aromatic heterocycles. The lowest BCUT2D eigenvalue weighted by Gasteiger charge is -2.13. The summed E-state index contributed by atoms with van der Waals surface area (Å²) in [6, 6.07) is 2.65. The standard InChI is InChI=1S/C12H14N2O6S/c13-11(15)6-9(12(16)17)14-21(18,19)8-1-2-10-7(5-8)3-4-20-10/h1-2,5,9,14H,3-4,6H2,(H2,13,15)(H,16,17)/t9-/m1/s1. The van der Waals surface area contributed by atoms with E-state index in [-0.39, 0.29) is 4.90 Å². The van der Waals surface area contributed by atoms with E-state index in [4.69, 9.17) is 15.6 Å². The number of sulfonamides is 1. The number of benzene rings is 1. The molecule has 0 bridgehead atoms. The van der Waals surface area contributed by atoms with Crippen LogP contribution < -0.4 is 15.2 Å². The zero-order valence-electron chi connectivity index (χ0n) is 10.9.